The molecule has 1 aliphatic rings. The average Bonchev–Trinajstić information content (AvgIpc) is 2.33. The third-order valence-electron chi connectivity index (χ3n) is 3.02. The van der Waals surface area contributed by atoms with Crippen molar-refractivity contribution in [1.82, 2.24) is 4.90 Å². The normalized spacial score (nSPS) is 18.0. The Labute approximate surface area is 110 Å². The number of benzene rings is 1. The van der Waals surface area contributed by atoms with Crippen molar-refractivity contribution in [3.63, 3.8) is 0 Å². The molecule has 4 heteroatoms. The molecule has 2 rings (SSSR count). The number of piperidine rings is 1. The Morgan fingerprint density at radius 3 is 2.47 bits per heavy atom. The van der Waals surface area contributed by atoms with Crippen LogP contribution in [0.3, 0.4) is 0 Å². The van der Waals surface area contributed by atoms with Crippen molar-refractivity contribution in [2.45, 2.75) is 18.9 Å². The molecule has 1 saturated heterocycles. The van der Waals surface area contributed by atoms with Gasteiger partial charge in [0.15, 0.2) is 0 Å². The largest absolute Gasteiger partial charge is 0.459 e. The van der Waals surface area contributed by atoms with Gasteiger partial charge >= 0.3 is 5.97 Å². The Morgan fingerprint density at radius 1 is 1.29 bits per heavy atom. The molecule has 0 bridgehead atoms. The van der Waals surface area contributed by atoms with Crippen LogP contribution < -0.4 is 0 Å². The summed E-state index contributed by atoms with van der Waals surface area (Å²) in [5.41, 5.74) is 0.618. The number of halogens is 1. The number of likely N-dealkylation sites (tertiary alicyclic amines) is 1. The maximum Gasteiger partial charge on any atom is 0.338 e. The molecular formula is C13H16BrNO2. The fraction of sp³-hybridized carbons (Fsp3) is 0.462. The minimum absolute atomic E-state index is 0.0716. The minimum Gasteiger partial charge on any atom is -0.459 e. The molecule has 1 aliphatic heterocycles. The zero-order valence-electron chi connectivity index (χ0n) is 9.86. The first kappa shape index (κ1) is 12.6. The van der Waals surface area contributed by atoms with Gasteiger partial charge in [-0.05, 0) is 44.2 Å². The molecule has 0 spiro atoms. The highest BCUT2D eigenvalue weighted by Crippen LogP contribution is 2.16. The summed E-state index contributed by atoms with van der Waals surface area (Å²) < 4.78 is 6.45. The second-order valence-corrected chi connectivity index (χ2v) is 5.33. The predicted molar refractivity (Wildman–Crippen MR) is 70.1 cm³/mol. The lowest BCUT2D eigenvalue weighted by Crippen LogP contribution is -2.35. The highest BCUT2D eigenvalue weighted by molar-refractivity contribution is 9.10. The van der Waals surface area contributed by atoms with E-state index in [0.29, 0.717) is 5.56 Å². The zero-order valence-corrected chi connectivity index (χ0v) is 11.4. The van der Waals surface area contributed by atoms with Crippen molar-refractivity contribution >= 4 is 21.9 Å². The molecule has 0 N–H and O–H groups in total. The number of esters is 1. The fourth-order valence-electron chi connectivity index (χ4n) is 1.91. The number of carbonyl (C=O) groups is 1. The second kappa shape index (κ2) is 5.65. The van der Waals surface area contributed by atoms with Crippen molar-refractivity contribution in [1.29, 1.82) is 0 Å². The molecule has 0 unspecified atom stereocenters. The molecule has 92 valence electrons. The van der Waals surface area contributed by atoms with Crippen LogP contribution in [0, 0.1) is 0 Å². The molecule has 1 fully saturated rings. The summed E-state index contributed by atoms with van der Waals surface area (Å²) in [7, 11) is 2.09. The van der Waals surface area contributed by atoms with Gasteiger partial charge in [-0.25, -0.2) is 4.79 Å². The maximum atomic E-state index is 11.9. The molecule has 0 aromatic heterocycles. The van der Waals surface area contributed by atoms with E-state index in [2.05, 4.69) is 27.9 Å². The van der Waals surface area contributed by atoms with Crippen molar-refractivity contribution < 1.29 is 9.53 Å². The summed E-state index contributed by atoms with van der Waals surface area (Å²) in [5, 5.41) is 0. The van der Waals surface area contributed by atoms with Crippen LogP contribution in [-0.4, -0.2) is 37.1 Å². The lowest BCUT2D eigenvalue weighted by atomic mass is 10.1. The number of hydrogen-bond acceptors (Lipinski definition) is 3. The lowest BCUT2D eigenvalue weighted by Gasteiger charge is -2.28. The first-order valence-electron chi connectivity index (χ1n) is 5.80. The molecule has 17 heavy (non-hydrogen) atoms. The van der Waals surface area contributed by atoms with E-state index in [0.717, 1.165) is 30.4 Å². The topological polar surface area (TPSA) is 29.5 Å². The van der Waals surface area contributed by atoms with Crippen molar-refractivity contribution in [3.05, 3.63) is 34.3 Å². The van der Waals surface area contributed by atoms with Gasteiger partial charge in [-0.1, -0.05) is 15.9 Å². The molecule has 0 radical (unpaired) electrons. The first-order valence-corrected chi connectivity index (χ1v) is 6.59. The standard InChI is InChI=1S/C13H16BrNO2/c1-15-8-6-12(7-9-15)17-13(16)10-2-4-11(14)5-3-10/h2-5,12H,6-9H2,1H3. The molecule has 0 atom stereocenters. The van der Waals surface area contributed by atoms with Crippen LogP contribution in [0.1, 0.15) is 23.2 Å². The fourth-order valence-corrected chi connectivity index (χ4v) is 2.17. The summed E-state index contributed by atoms with van der Waals surface area (Å²) >= 11 is 3.34. The molecule has 3 nitrogen and oxygen atoms in total. The van der Waals surface area contributed by atoms with Crippen LogP contribution >= 0.6 is 15.9 Å². The van der Waals surface area contributed by atoms with Gasteiger partial charge in [0.25, 0.3) is 0 Å². The number of hydrogen-bond donors (Lipinski definition) is 0. The molecular weight excluding hydrogens is 282 g/mol. The van der Waals surface area contributed by atoms with Gasteiger partial charge in [0, 0.05) is 17.6 Å². The SMILES string of the molecule is CN1CCC(OC(=O)c2ccc(Br)cc2)CC1. The van der Waals surface area contributed by atoms with E-state index < -0.39 is 0 Å². The third kappa shape index (κ3) is 3.54. The molecule has 1 heterocycles. The van der Waals surface area contributed by atoms with Crippen molar-refractivity contribution in [2.75, 3.05) is 20.1 Å². The van der Waals surface area contributed by atoms with Gasteiger partial charge in [0.05, 0.1) is 5.56 Å². The Hall–Kier alpha value is -0.870. The molecule has 0 amide bonds. The van der Waals surface area contributed by atoms with E-state index in [4.69, 9.17) is 4.74 Å². The number of carbonyl (C=O) groups excluding carboxylic acids is 1. The lowest BCUT2D eigenvalue weighted by molar-refractivity contribution is 0.0139. The van der Waals surface area contributed by atoms with Crippen LogP contribution in [0.2, 0.25) is 0 Å². The Morgan fingerprint density at radius 2 is 1.88 bits per heavy atom. The van der Waals surface area contributed by atoms with E-state index in [1.165, 1.54) is 0 Å². The second-order valence-electron chi connectivity index (χ2n) is 4.41. The van der Waals surface area contributed by atoms with E-state index in [1.54, 1.807) is 12.1 Å². The predicted octanol–water partition coefficient (Wildman–Crippen LogP) is 2.70. The summed E-state index contributed by atoms with van der Waals surface area (Å²) in [4.78, 5) is 14.1. The average molecular weight is 298 g/mol. The van der Waals surface area contributed by atoms with Crippen molar-refractivity contribution in [2.24, 2.45) is 0 Å². The van der Waals surface area contributed by atoms with Gasteiger partial charge in [0.2, 0.25) is 0 Å². The number of nitrogens with zero attached hydrogens (tertiary/aromatic N) is 1. The Balaban J connectivity index is 1.91. The molecule has 1 aromatic rings. The number of ether oxygens (including phenoxy) is 1. The third-order valence-corrected chi connectivity index (χ3v) is 3.55. The monoisotopic (exact) mass is 297 g/mol. The van der Waals surface area contributed by atoms with Gasteiger partial charge in [0.1, 0.15) is 6.10 Å². The highest BCUT2D eigenvalue weighted by atomic mass is 79.9. The quantitative estimate of drug-likeness (QED) is 0.786. The van der Waals surface area contributed by atoms with E-state index in [1.807, 2.05) is 12.1 Å². The van der Waals surface area contributed by atoms with Crippen LogP contribution in [0.25, 0.3) is 0 Å². The van der Waals surface area contributed by atoms with Crippen LogP contribution in [-0.2, 0) is 4.74 Å². The van der Waals surface area contributed by atoms with E-state index >= 15 is 0 Å². The first-order chi connectivity index (χ1) is 8.15. The summed E-state index contributed by atoms with van der Waals surface area (Å²) in [6.45, 7) is 2.00. The van der Waals surface area contributed by atoms with Crippen LogP contribution in [0.4, 0.5) is 0 Å². The van der Waals surface area contributed by atoms with E-state index in [-0.39, 0.29) is 12.1 Å². The smallest absolute Gasteiger partial charge is 0.338 e. The zero-order chi connectivity index (χ0) is 12.3. The molecule has 1 aromatic carbocycles. The summed E-state index contributed by atoms with van der Waals surface area (Å²) in [5.74, 6) is -0.216. The molecule has 0 saturated carbocycles. The van der Waals surface area contributed by atoms with Gasteiger partial charge < -0.3 is 9.64 Å². The van der Waals surface area contributed by atoms with E-state index in [9.17, 15) is 4.79 Å². The Bertz CT molecular complexity index is 383. The maximum absolute atomic E-state index is 11.9. The van der Waals surface area contributed by atoms with Gasteiger partial charge in [-0.15, -0.1) is 0 Å². The van der Waals surface area contributed by atoms with Gasteiger partial charge in [-0.3, -0.25) is 0 Å². The van der Waals surface area contributed by atoms with Crippen molar-refractivity contribution in [3.8, 4) is 0 Å². The number of rotatable bonds is 2. The Kier molecular flexibility index (Phi) is 4.18. The van der Waals surface area contributed by atoms with Gasteiger partial charge in [-0.2, -0.15) is 0 Å². The molecule has 0 aliphatic carbocycles. The summed E-state index contributed by atoms with van der Waals surface area (Å²) in [6, 6.07) is 7.26. The summed E-state index contributed by atoms with van der Waals surface area (Å²) in [6.07, 6.45) is 1.93. The highest BCUT2D eigenvalue weighted by Gasteiger charge is 2.20. The minimum atomic E-state index is -0.216. The van der Waals surface area contributed by atoms with Crippen LogP contribution in [0.15, 0.2) is 28.7 Å². The van der Waals surface area contributed by atoms with Crippen LogP contribution in [0.5, 0.6) is 0 Å².